The van der Waals surface area contributed by atoms with E-state index < -0.39 is 0 Å². The standard InChI is InChI=1S/C37H28N5O.Pt/c1-37(2,3)27-16-17-39-36(21-27)42-34-15-12-26(24-38)20-33(34)32-14-13-31(23-35(32)42)43-30-11-7-10-29(22-30)41-19-18-40(25-41)28-8-5-4-6-9-28;/h4-21,25H,1-3H3;/q-3;. The molecule has 0 fully saturated rings. The van der Waals surface area contributed by atoms with E-state index in [1.807, 2.05) is 96.9 Å². The summed E-state index contributed by atoms with van der Waals surface area (Å²) in [5.74, 6) is 1.93. The second-order valence-electron chi connectivity index (χ2n) is 11.5. The monoisotopic (exact) mass is 753 g/mol. The van der Waals surface area contributed by atoms with Crippen molar-refractivity contribution in [2.75, 3.05) is 9.80 Å². The Morgan fingerprint density at radius 3 is 2.41 bits per heavy atom. The van der Waals surface area contributed by atoms with Crippen molar-refractivity contribution in [2.45, 2.75) is 26.2 Å². The molecule has 0 spiro atoms. The fourth-order valence-electron chi connectivity index (χ4n) is 5.31. The van der Waals surface area contributed by atoms with Gasteiger partial charge in [0.05, 0.1) is 11.6 Å². The fourth-order valence-corrected chi connectivity index (χ4v) is 5.31. The number of anilines is 2. The van der Waals surface area contributed by atoms with E-state index in [0.29, 0.717) is 17.1 Å². The van der Waals surface area contributed by atoms with Crippen LogP contribution in [-0.2, 0) is 26.5 Å². The Morgan fingerprint density at radius 2 is 1.61 bits per heavy atom. The maximum Gasteiger partial charge on any atom is 0.135 e. The second-order valence-corrected chi connectivity index (χ2v) is 11.5. The van der Waals surface area contributed by atoms with Crippen molar-refractivity contribution in [3.05, 3.63) is 140 Å². The number of pyridine rings is 1. The van der Waals surface area contributed by atoms with Gasteiger partial charge in [-0.25, -0.2) is 4.98 Å². The third-order valence-corrected chi connectivity index (χ3v) is 7.56. The number of nitrogens with zero attached hydrogens (tertiary/aromatic N) is 5. The summed E-state index contributed by atoms with van der Waals surface area (Å²) in [4.78, 5) is 8.81. The molecule has 6 aromatic rings. The normalized spacial score (nSPS) is 12.9. The van der Waals surface area contributed by atoms with Gasteiger partial charge in [-0.05, 0) is 71.2 Å². The van der Waals surface area contributed by atoms with Crippen molar-refractivity contribution in [1.29, 1.82) is 5.26 Å². The Bertz CT molecular complexity index is 2050. The second kappa shape index (κ2) is 11.7. The average Bonchev–Trinajstić information content (AvgIpc) is 3.64. The maximum absolute atomic E-state index is 9.59. The van der Waals surface area contributed by atoms with Crippen molar-refractivity contribution in [3.63, 3.8) is 0 Å². The van der Waals surface area contributed by atoms with Gasteiger partial charge in [0.25, 0.3) is 0 Å². The van der Waals surface area contributed by atoms with Crippen molar-refractivity contribution >= 4 is 33.2 Å². The van der Waals surface area contributed by atoms with Crippen LogP contribution in [0.1, 0.15) is 31.9 Å². The zero-order valence-electron chi connectivity index (χ0n) is 24.4. The quantitative estimate of drug-likeness (QED) is 0.165. The van der Waals surface area contributed by atoms with Crippen molar-refractivity contribution in [3.8, 4) is 23.4 Å². The van der Waals surface area contributed by atoms with Gasteiger partial charge in [0, 0.05) is 50.0 Å². The van der Waals surface area contributed by atoms with Crippen LogP contribution in [0.3, 0.4) is 0 Å². The first kappa shape index (κ1) is 29.2. The molecule has 4 aromatic carbocycles. The summed E-state index contributed by atoms with van der Waals surface area (Å²) < 4.78 is 8.43. The number of ether oxygens (including phenoxy) is 1. The number of hydrogen-bond acceptors (Lipinski definition) is 5. The predicted molar refractivity (Wildman–Crippen MR) is 171 cm³/mol. The molecule has 0 atom stereocenters. The first-order chi connectivity index (χ1) is 20.9. The van der Waals surface area contributed by atoms with Crippen LogP contribution in [0.5, 0.6) is 11.5 Å². The van der Waals surface area contributed by atoms with Gasteiger partial charge in [0.15, 0.2) is 0 Å². The number of nitriles is 1. The zero-order chi connectivity index (χ0) is 29.6. The molecule has 0 saturated heterocycles. The average molecular weight is 754 g/mol. The first-order valence-corrected chi connectivity index (χ1v) is 14.1. The predicted octanol–water partition coefficient (Wildman–Crippen LogP) is 8.66. The molecular weight excluding hydrogens is 726 g/mol. The van der Waals surface area contributed by atoms with E-state index in [-0.39, 0.29) is 26.5 Å². The maximum atomic E-state index is 9.59. The van der Waals surface area contributed by atoms with Crippen LogP contribution >= 0.6 is 0 Å². The first-order valence-electron chi connectivity index (χ1n) is 14.1. The largest absolute Gasteiger partial charge is 0.509 e. The Labute approximate surface area is 271 Å². The van der Waals surface area contributed by atoms with Crippen LogP contribution in [0.15, 0.2) is 110 Å². The molecular formula is C37H28N5OPt-3. The Hall–Kier alpha value is -4.85. The molecule has 44 heavy (non-hydrogen) atoms. The van der Waals surface area contributed by atoms with Crippen LogP contribution in [0, 0.1) is 30.1 Å². The minimum atomic E-state index is -0.0383. The molecule has 0 saturated carbocycles. The van der Waals surface area contributed by atoms with Crippen LogP contribution in [0.2, 0.25) is 0 Å². The third-order valence-electron chi connectivity index (χ3n) is 7.56. The van der Waals surface area contributed by atoms with E-state index in [4.69, 9.17) is 9.72 Å². The van der Waals surface area contributed by atoms with Gasteiger partial charge in [-0.2, -0.15) is 17.4 Å². The molecule has 0 N–H and O–H groups in total. The van der Waals surface area contributed by atoms with E-state index in [2.05, 4.69) is 72.7 Å². The van der Waals surface area contributed by atoms with E-state index in [0.717, 1.165) is 39.0 Å². The summed E-state index contributed by atoms with van der Waals surface area (Å²) in [7, 11) is 0. The zero-order valence-corrected chi connectivity index (χ0v) is 26.7. The smallest absolute Gasteiger partial charge is 0.135 e. The Balaban J connectivity index is 0.00000343. The molecule has 2 aromatic heterocycles. The van der Waals surface area contributed by atoms with Gasteiger partial charge in [0.2, 0.25) is 0 Å². The van der Waals surface area contributed by atoms with Gasteiger partial charge >= 0.3 is 0 Å². The third kappa shape index (κ3) is 5.48. The number of benzene rings is 4. The van der Waals surface area contributed by atoms with Crippen molar-refractivity contribution in [2.24, 2.45) is 0 Å². The van der Waals surface area contributed by atoms with Gasteiger partial charge in [-0.15, -0.1) is 48.1 Å². The van der Waals surface area contributed by atoms with Gasteiger partial charge < -0.3 is 19.1 Å². The molecule has 3 heterocycles. The minimum Gasteiger partial charge on any atom is -0.509 e. The van der Waals surface area contributed by atoms with Crippen LogP contribution in [0.25, 0.3) is 27.6 Å². The van der Waals surface area contributed by atoms with Crippen molar-refractivity contribution in [1.82, 2.24) is 9.55 Å². The van der Waals surface area contributed by atoms with E-state index in [1.165, 1.54) is 5.56 Å². The van der Waals surface area contributed by atoms with Gasteiger partial charge in [-0.1, -0.05) is 44.5 Å². The molecule has 1 aliphatic rings. The molecule has 7 rings (SSSR count). The van der Waals surface area contributed by atoms with E-state index >= 15 is 0 Å². The SMILES string of the molecule is CC(C)(C)c1ccnc(-n2c3[c-]c(Oc4[c-]c(N5C=CN(c6ccccc6)[CH-]5)ccc4)ccc3c3cc(C#N)ccc32)c1.[Pt]. The summed E-state index contributed by atoms with van der Waals surface area (Å²) in [6.45, 7) is 8.58. The summed E-state index contributed by atoms with van der Waals surface area (Å²) in [6.07, 6.45) is 5.85. The fraction of sp³-hybridized carbons (Fsp3) is 0.108. The van der Waals surface area contributed by atoms with E-state index in [1.54, 1.807) is 0 Å². The molecule has 0 amide bonds. The molecule has 1 aliphatic heterocycles. The molecule has 0 unspecified atom stereocenters. The Morgan fingerprint density at radius 1 is 0.818 bits per heavy atom. The summed E-state index contributed by atoms with van der Waals surface area (Å²) in [5, 5.41) is 11.5. The van der Waals surface area contributed by atoms with Crippen LogP contribution in [-0.4, -0.2) is 9.55 Å². The number of rotatable bonds is 5. The molecule has 7 heteroatoms. The van der Waals surface area contributed by atoms with Gasteiger partial charge in [0.1, 0.15) is 5.82 Å². The molecule has 220 valence electrons. The topological polar surface area (TPSA) is 57.3 Å². The number of para-hydroxylation sites is 1. The number of hydrogen-bond donors (Lipinski definition) is 0. The molecule has 0 radical (unpaired) electrons. The van der Waals surface area contributed by atoms with Crippen LogP contribution in [0.4, 0.5) is 11.4 Å². The van der Waals surface area contributed by atoms with Gasteiger partial charge in [-0.3, -0.25) is 0 Å². The molecule has 0 aliphatic carbocycles. The Kier molecular flexibility index (Phi) is 7.76. The summed E-state index contributed by atoms with van der Waals surface area (Å²) in [6, 6.07) is 39.0. The van der Waals surface area contributed by atoms with E-state index in [9.17, 15) is 5.26 Å². The molecule has 0 bridgehead atoms. The summed E-state index contributed by atoms with van der Waals surface area (Å²) >= 11 is 0. The van der Waals surface area contributed by atoms with Crippen LogP contribution < -0.4 is 14.5 Å². The number of fused-ring (bicyclic) bond motifs is 3. The minimum absolute atomic E-state index is 0. The summed E-state index contributed by atoms with van der Waals surface area (Å²) in [5.41, 5.74) is 5.46. The number of aromatic nitrogens is 2. The molecule has 6 nitrogen and oxygen atoms in total. The van der Waals surface area contributed by atoms with Crippen molar-refractivity contribution < 1.29 is 25.8 Å².